The van der Waals surface area contributed by atoms with E-state index in [2.05, 4.69) is 15.0 Å². The molecule has 2 aliphatic heterocycles. The highest BCUT2D eigenvalue weighted by Crippen LogP contribution is 2.32. The van der Waals surface area contributed by atoms with Crippen LogP contribution in [0.2, 0.25) is 5.02 Å². The summed E-state index contributed by atoms with van der Waals surface area (Å²) in [6.07, 6.45) is 0.374. The zero-order chi connectivity index (χ0) is 21.5. The van der Waals surface area contributed by atoms with Crippen molar-refractivity contribution >= 4 is 45.8 Å². The number of ketones is 1. The van der Waals surface area contributed by atoms with Crippen molar-refractivity contribution in [1.82, 2.24) is 10.1 Å². The monoisotopic (exact) mass is 438 g/mol. The Kier molecular flexibility index (Phi) is 5.16. The fraction of sp³-hybridized carbons (Fsp3) is 0.348. The molecule has 31 heavy (non-hydrogen) atoms. The molecule has 2 aromatic carbocycles. The zero-order valence-electron chi connectivity index (χ0n) is 17.3. The summed E-state index contributed by atoms with van der Waals surface area (Å²) in [6, 6.07) is 11.3. The Labute approximate surface area is 185 Å². The molecule has 0 saturated carbocycles. The lowest BCUT2D eigenvalue weighted by atomic mass is 10.0. The maximum atomic E-state index is 12.9. The van der Waals surface area contributed by atoms with Crippen molar-refractivity contribution in [3.63, 3.8) is 0 Å². The van der Waals surface area contributed by atoms with Crippen LogP contribution in [0.3, 0.4) is 0 Å². The van der Waals surface area contributed by atoms with E-state index in [1.807, 2.05) is 37.3 Å². The number of hydrogen-bond donors (Lipinski definition) is 0. The van der Waals surface area contributed by atoms with Crippen molar-refractivity contribution in [1.29, 1.82) is 0 Å². The molecule has 0 bridgehead atoms. The highest BCUT2D eigenvalue weighted by molar-refractivity contribution is 6.35. The Morgan fingerprint density at radius 3 is 2.74 bits per heavy atom. The molecule has 0 N–H and O–H groups in total. The number of halogens is 1. The van der Waals surface area contributed by atoms with E-state index in [0.29, 0.717) is 35.7 Å². The molecule has 0 aliphatic carbocycles. The van der Waals surface area contributed by atoms with Gasteiger partial charge in [0.25, 0.3) is 0 Å². The lowest BCUT2D eigenvalue weighted by molar-refractivity contribution is -0.117. The van der Waals surface area contributed by atoms with Gasteiger partial charge in [-0.25, -0.2) is 0 Å². The molecule has 0 unspecified atom stereocenters. The number of likely N-dealkylation sites (N-methyl/N-ethyl adjacent to an activating group) is 1. The predicted molar refractivity (Wildman–Crippen MR) is 120 cm³/mol. The first kappa shape index (κ1) is 20.0. The van der Waals surface area contributed by atoms with E-state index in [0.717, 1.165) is 48.6 Å². The van der Waals surface area contributed by atoms with E-state index in [-0.39, 0.29) is 11.7 Å². The van der Waals surface area contributed by atoms with Gasteiger partial charge in [-0.2, -0.15) is 0 Å². The molecule has 3 aromatic rings. The minimum absolute atomic E-state index is 0.0808. The number of amides is 1. The summed E-state index contributed by atoms with van der Waals surface area (Å²) in [5.74, 6) is 0.976. The average Bonchev–Trinajstić information content (AvgIpc) is 3.34. The van der Waals surface area contributed by atoms with Gasteiger partial charge in [0.2, 0.25) is 5.91 Å². The molecule has 5 rings (SSSR count). The van der Waals surface area contributed by atoms with Crippen LogP contribution in [0.5, 0.6) is 0 Å². The first-order valence-corrected chi connectivity index (χ1v) is 10.9. The average molecular weight is 439 g/mol. The lowest BCUT2D eigenvalue weighted by Crippen LogP contribution is -2.48. The summed E-state index contributed by atoms with van der Waals surface area (Å²) in [6.45, 7) is 6.00. The van der Waals surface area contributed by atoms with E-state index in [1.54, 1.807) is 11.0 Å². The molecule has 0 atom stereocenters. The Morgan fingerprint density at radius 2 is 1.97 bits per heavy atom. The Balaban J connectivity index is 1.23. The number of aromatic nitrogens is 1. The Hall–Kier alpha value is -2.90. The van der Waals surface area contributed by atoms with Gasteiger partial charge in [-0.15, -0.1) is 0 Å². The number of carbonyl (C=O) groups excluding carboxylic acids is 2. The van der Waals surface area contributed by atoms with Crippen LogP contribution in [-0.4, -0.2) is 61.0 Å². The minimum atomic E-state index is 0.0808. The number of Topliss-reactive ketones (excluding diaryl/α,β-unsaturated/α-hetero) is 1. The van der Waals surface area contributed by atoms with Crippen molar-refractivity contribution in [2.75, 3.05) is 49.1 Å². The van der Waals surface area contributed by atoms with Gasteiger partial charge in [0.05, 0.1) is 23.4 Å². The summed E-state index contributed by atoms with van der Waals surface area (Å²) in [7, 11) is 0. The van der Waals surface area contributed by atoms with Gasteiger partial charge in [-0.1, -0.05) is 22.8 Å². The van der Waals surface area contributed by atoms with Gasteiger partial charge < -0.3 is 14.3 Å². The molecular weight excluding hydrogens is 416 g/mol. The maximum Gasteiger partial charge on any atom is 0.231 e. The molecule has 0 radical (unpaired) electrons. The standard InChI is InChI=1S/C23H23ClN4O3/c1-2-28-19-7-6-15(12-16(19)13-21(28)30)20(29)14-26-8-10-27(11-9-26)23-17-4-3-5-18(24)22(17)31-25-23/h3-7,12H,2,8-11,13-14H2,1H3. The highest BCUT2D eigenvalue weighted by atomic mass is 35.5. The molecule has 1 amide bonds. The van der Waals surface area contributed by atoms with Crippen molar-refractivity contribution in [2.24, 2.45) is 0 Å². The van der Waals surface area contributed by atoms with Crippen LogP contribution >= 0.6 is 11.6 Å². The quantitative estimate of drug-likeness (QED) is 0.569. The van der Waals surface area contributed by atoms with Crippen LogP contribution < -0.4 is 9.80 Å². The summed E-state index contributed by atoms with van der Waals surface area (Å²) >= 11 is 6.19. The van der Waals surface area contributed by atoms with Gasteiger partial charge in [-0.05, 0) is 42.8 Å². The topological polar surface area (TPSA) is 69.9 Å². The van der Waals surface area contributed by atoms with Gasteiger partial charge in [0.15, 0.2) is 17.2 Å². The van der Waals surface area contributed by atoms with Crippen molar-refractivity contribution in [2.45, 2.75) is 13.3 Å². The fourth-order valence-electron chi connectivity index (χ4n) is 4.46. The molecule has 0 spiro atoms. The van der Waals surface area contributed by atoms with Crippen LogP contribution in [-0.2, 0) is 11.2 Å². The molecule has 7 nitrogen and oxygen atoms in total. The number of piperazine rings is 1. The third kappa shape index (κ3) is 3.58. The van der Waals surface area contributed by atoms with Crippen LogP contribution in [0.15, 0.2) is 40.9 Å². The first-order chi connectivity index (χ1) is 15.0. The molecule has 8 heteroatoms. The molecule has 1 fully saturated rings. The second-order valence-electron chi connectivity index (χ2n) is 7.97. The molecule has 1 aromatic heterocycles. The number of nitrogens with zero attached hydrogens (tertiary/aromatic N) is 4. The third-order valence-electron chi connectivity index (χ3n) is 6.12. The van der Waals surface area contributed by atoms with E-state index in [9.17, 15) is 9.59 Å². The fourth-order valence-corrected chi connectivity index (χ4v) is 4.67. The van der Waals surface area contributed by atoms with Crippen molar-refractivity contribution in [3.8, 4) is 0 Å². The Bertz CT molecular complexity index is 1170. The number of hydrogen-bond acceptors (Lipinski definition) is 6. The smallest absolute Gasteiger partial charge is 0.231 e. The summed E-state index contributed by atoms with van der Waals surface area (Å²) in [5.41, 5.74) is 3.15. The minimum Gasteiger partial charge on any atom is -0.352 e. The lowest BCUT2D eigenvalue weighted by Gasteiger charge is -2.34. The number of carbonyl (C=O) groups is 2. The highest BCUT2D eigenvalue weighted by Gasteiger charge is 2.28. The number of benzene rings is 2. The van der Waals surface area contributed by atoms with Gasteiger partial charge in [-0.3, -0.25) is 14.5 Å². The predicted octanol–water partition coefficient (Wildman–Crippen LogP) is 3.40. The first-order valence-electron chi connectivity index (χ1n) is 10.5. The van der Waals surface area contributed by atoms with E-state index >= 15 is 0 Å². The van der Waals surface area contributed by atoms with Crippen molar-refractivity contribution < 1.29 is 14.1 Å². The van der Waals surface area contributed by atoms with Crippen LogP contribution in [0, 0.1) is 0 Å². The van der Waals surface area contributed by atoms with E-state index in [1.165, 1.54) is 0 Å². The Morgan fingerprint density at radius 1 is 1.16 bits per heavy atom. The normalized spacial score (nSPS) is 16.9. The van der Waals surface area contributed by atoms with Gasteiger partial charge >= 0.3 is 0 Å². The van der Waals surface area contributed by atoms with Crippen LogP contribution in [0.25, 0.3) is 11.0 Å². The maximum absolute atomic E-state index is 12.9. The van der Waals surface area contributed by atoms with Crippen molar-refractivity contribution in [3.05, 3.63) is 52.5 Å². The summed E-state index contributed by atoms with van der Waals surface area (Å²) < 4.78 is 5.42. The summed E-state index contributed by atoms with van der Waals surface area (Å²) in [4.78, 5) is 31.1. The van der Waals surface area contributed by atoms with E-state index in [4.69, 9.17) is 16.1 Å². The molecule has 3 heterocycles. The molecule has 1 saturated heterocycles. The number of anilines is 2. The molecular formula is C23H23ClN4O3. The number of para-hydroxylation sites is 1. The second kappa shape index (κ2) is 7.98. The SMILES string of the molecule is CCN1C(=O)Cc2cc(C(=O)CN3CCN(c4noc5c(Cl)cccc45)CC3)ccc21. The summed E-state index contributed by atoms with van der Waals surface area (Å²) in [5, 5.41) is 5.68. The molecule has 2 aliphatic rings. The van der Waals surface area contributed by atoms with Crippen LogP contribution in [0.1, 0.15) is 22.8 Å². The molecule has 160 valence electrons. The largest absolute Gasteiger partial charge is 0.352 e. The third-order valence-corrected chi connectivity index (χ3v) is 6.42. The van der Waals surface area contributed by atoms with Gasteiger partial charge in [0, 0.05) is 44.0 Å². The number of rotatable bonds is 5. The second-order valence-corrected chi connectivity index (χ2v) is 8.37. The number of fused-ring (bicyclic) bond motifs is 2. The van der Waals surface area contributed by atoms with Crippen LogP contribution in [0.4, 0.5) is 11.5 Å². The van der Waals surface area contributed by atoms with Gasteiger partial charge in [0.1, 0.15) is 0 Å². The zero-order valence-corrected chi connectivity index (χ0v) is 18.1. The van der Waals surface area contributed by atoms with E-state index < -0.39 is 0 Å².